The summed E-state index contributed by atoms with van der Waals surface area (Å²) in [5.41, 5.74) is 5.04. The number of likely N-dealkylation sites (tertiary alicyclic amines) is 1. The van der Waals surface area contributed by atoms with Gasteiger partial charge in [-0.25, -0.2) is 0 Å². The lowest BCUT2D eigenvalue weighted by Crippen LogP contribution is -2.46. The van der Waals surface area contributed by atoms with E-state index in [1.165, 1.54) is 4.90 Å². The van der Waals surface area contributed by atoms with Crippen LogP contribution in [-0.2, 0) is 9.59 Å². The fourth-order valence-electron chi connectivity index (χ4n) is 1.18. The number of hydrogen-bond acceptors (Lipinski definition) is 3. The van der Waals surface area contributed by atoms with Gasteiger partial charge >= 0.3 is 0 Å². The molecule has 1 aliphatic heterocycles. The van der Waals surface area contributed by atoms with Crippen molar-refractivity contribution in [3.8, 4) is 0 Å². The molecule has 1 unspecified atom stereocenters. The van der Waals surface area contributed by atoms with Gasteiger partial charge < -0.3 is 10.6 Å². The molecule has 1 rings (SSSR count). The zero-order valence-corrected chi connectivity index (χ0v) is 7.56. The Morgan fingerprint density at radius 3 is 2.83 bits per heavy atom. The number of hydrogen-bond donors (Lipinski definition) is 1. The molecule has 4 nitrogen and oxygen atoms in total. The predicted octanol–water partition coefficient (Wildman–Crippen LogP) is -0.333. The second kappa shape index (κ2) is 3.18. The molecule has 0 saturated carbocycles. The summed E-state index contributed by atoms with van der Waals surface area (Å²) >= 11 is 4.90. The number of carbonyl (C=O) groups excluding carboxylic acids is 2. The molecule has 2 N–H and O–H groups in total. The van der Waals surface area contributed by atoms with Crippen LogP contribution in [0.2, 0.25) is 0 Å². The summed E-state index contributed by atoms with van der Waals surface area (Å²) in [6.45, 7) is 0. The van der Waals surface area contributed by atoms with Gasteiger partial charge in [-0.05, 0) is 12.8 Å². The summed E-state index contributed by atoms with van der Waals surface area (Å²) in [4.78, 5) is 24.0. The van der Waals surface area contributed by atoms with Crippen LogP contribution in [-0.4, -0.2) is 28.8 Å². The Morgan fingerprint density at radius 1 is 1.75 bits per heavy atom. The first-order valence-corrected chi connectivity index (χ1v) is 4.04. The van der Waals surface area contributed by atoms with Crippen LogP contribution in [0.1, 0.15) is 12.8 Å². The maximum atomic E-state index is 11.3. The monoisotopic (exact) mass is 186 g/mol. The number of primary amides is 1. The third-order valence-corrected chi connectivity index (χ3v) is 2.47. The zero-order chi connectivity index (χ0) is 9.30. The number of carbonyl (C=O) groups is 2. The molecule has 66 valence electrons. The maximum absolute atomic E-state index is 11.3. The van der Waals surface area contributed by atoms with E-state index in [-0.39, 0.29) is 5.91 Å². The van der Waals surface area contributed by atoms with Crippen LogP contribution in [0.4, 0.5) is 0 Å². The number of rotatable bonds is 1. The first kappa shape index (κ1) is 9.12. The molecule has 0 aromatic rings. The highest BCUT2D eigenvalue weighted by Gasteiger charge is 2.33. The van der Waals surface area contributed by atoms with Gasteiger partial charge in [0, 0.05) is 7.05 Å². The molecule has 0 radical (unpaired) electrons. The molecule has 5 heteroatoms. The van der Waals surface area contributed by atoms with Crippen molar-refractivity contribution in [1.82, 2.24) is 4.90 Å². The van der Waals surface area contributed by atoms with Crippen molar-refractivity contribution in [3.63, 3.8) is 0 Å². The third-order valence-electron chi connectivity index (χ3n) is 1.99. The van der Waals surface area contributed by atoms with Gasteiger partial charge in [0.25, 0.3) is 0 Å². The average molecular weight is 186 g/mol. The lowest BCUT2D eigenvalue weighted by molar-refractivity contribution is -0.138. The van der Waals surface area contributed by atoms with E-state index in [1.54, 1.807) is 7.05 Å². The van der Waals surface area contributed by atoms with E-state index in [2.05, 4.69) is 0 Å². The lowest BCUT2D eigenvalue weighted by atomic mass is 9.97. The third kappa shape index (κ3) is 1.45. The summed E-state index contributed by atoms with van der Waals surface area (Å²) in [6, 6.07) is 0. The van der Waals surface area contributed by atoms with E-state index >= 15 is 0 Å². The molecule has 1 saturated heterocycles. The average Bonchev–Trinajstić information content (AvgIpc) is 2.00. The van der Waals surface area contributed by atoms with Crippen molar-refractivity contribution in [1.29, 1.82) is 0 Å². The first-order valence-electron chi connectivity index (χ1n) is 3.63. The molecule has 1 fully saturated rings. The quantitative estimate of drug-likeness (QED) is 0.450. The Balaban J connectivity index is 2.78. The number of amides is 2. The van der Waals surface area contributed by atoms with Gasteiger partial charge in [0.1, 0.15) is 5.92 Å². The molecule has 1 aliphatic rings. The Morgan fingerprint density at radius 2 is 2.33 bits per heavy atom. The minimum Gasteiger partial charge on any atom is -0.369 e. The van der Waals surface area contributed by atoms with Crippen molar-refractivity contribution >= 4 is 29.0 Å². The van der Waals surface area contributed by atoms with E-state index in [9.17, 15) is 9.59 Å². The van der Waals surface area contributed by atoms with Crippen molar-refractivity contribution < 1.29 is 9.59 Å². The molecule has 0 aliphatic carbocycles. The van der Waals surface area contributed by atoms with Crippen molar-refractivity contribution in [2.45, 2.75) is 12.8 Å². The maximum Gasteiger partial charge on any atom is 0.239 e. The molecule has 0 aromatic heterocycles. The highest BCUT2D eigenvalue weighted by Crippen LogP contribution is 2.18. The minimum absolute atomic E-state index is 0.279. The van der Waals surface area contributed by atoms with Crippen molar-refractivity contribution in [2.75, 3.05) is 7.05 Å². The molecule has 0 spiro atoms. The summed E-state index contributed by atoms with van der Waals surface area (Å²) in [5.74, 6) is -1.52. The lowest BCUT2D eigenvalue weighted by Gasteiger charge is -2.27. The van der Waals surface area contributed by atoms with Crippen LogP contribution in [0.3, 0.4) is 0 Å². The predicted molar refractivity (Wildman–Crippen MR) is 47.3 cm³/mol. The van der Waals surface area contributed by atoms with Gasteiger partial charge in [0.05, 0.1) is 4.99 Å². The van der Waals surface area contributed by atoms with Gasteiger partial charge in [-0.1, -0.05) is 12.2 Å². The number of piperidine rings is 1. The van der Waals surface area contributed by atoms with Gasteiger partial charge in [-0.2, -0.15) is 0 Å². The zero-order valence-electron chi connectivity index (χ0n) is 6.74. The second-order valence-electron chi connectivity index (χ2n) is 2.78. The fourth-order valence-corrected chi connectivity index (χ4v) is 1.39. The molecule has 2 amide bonds. The van der Waals surface area contributed by atoms with Gasteiger partial charge in [-0.3, -0.25) is 9.59 Å². The number of thiocarbonyl (C=S) groups is 1. The van der Waals surface area contributed by atoms with Crippen LogP contribution in [0, 0.1) is 5.92 Å². The largest absolute Gasteiger partial charge is 0.369 e. The number of nitrogens with two attached hydrogens (primary N) is 1. The summed E-state index contributed by atoms with van der Waals surface area (Å²) in [5, 5.41) is 0. The SMILES string of the molecule is CN1C(=O)C(C(N)=O)CCC1=S. The normalized spacial score (nSPS) is 24.4. The van der Waals surface area contributed by atoms with Crippen LogP contribution in [0.25, 0.3) is 0 Å². The van der Waals surface area contributed by atoms with E-state index in [0.29, 0.717) is 17.8 Å². The van der Waals surface area contributed by atoms with Gasteiger partial charge in [-0.15, -0.1) is 0 Å². The Hall–Kier alpha value is -0.970. The van der Waals surface area contributed by atoms with Crippen molar-refractivity contribution in [2.24, 2.45) is 11.7 Å². The highest BCUT2D eigenvalue weighted by atomic mass is 32.1. The smallest absolute Gasteiger partial charge is 0.239 e. The molecular formula is C7H10N2O2S. The first-order chi connectivity index (χ1) is 5.54. The molecule has 12 heavy (non-hydrogen) atoms. The summed E-state index contributed by atoms with van der Waals surface area (Å²) in [7, 11) is 1.57. The van der Waals surface area contributed by atoms with Gasteiger partial charge in [0.2, 0.25) is 11.8 Å². The number of nitrogens with zero attached hydrogens (tertiary/aromatic N) is 1. The molecule has 0 bridgehead atoms. The Labute approximate surface area is 75.7 Å². The van der Waals surface area contributed by atoms with Gasteiger partial charge in [0.15, 0.2) is 0 Å². The molecule has 1 heterocycles. The van der Waals surface area contributed by atoms with Crippen LogP contribution in [0.5, 0.6) is 0 Å². The fraction of sp³-hybridized carbons (Fsp3) is 0.571. The Bertz CT molecular complexity index is 252. The second-order valence-corrected chi connectivity index (χ2v) is 3.26. The van der Waals surface area contributed by atoms with E-state index in [1.807, 2.05) is 0 Å². The summed E-state index contributed by atoms with van der Waals surface area (Å²) in [6.07, 6.45) is 1.04. The van der Waals surface area contributed by atoms with E-state index < -0.39 is 11.8 Å². The molecule has 0 aromatic carbocycles. The van der Waals surface area contributed by atoms with Crippen molar-refractivity contribution in [3.05, 3.63) is 0 Å². The molecular weight excluding hydrogens is 176 g/mol. The van der Waals surface area contributed by atoms with Crippen LogP contribution < -0.4 is 5.73 Å². The van der Waals surface area contributed by atoms with Crippen LogP contribution in [0.15, 0.2) is 0 Å². The minimum atomic E-state index is -0.679. The van der Waals surface area contributed by atoms with E-state index in [0.717, 1.165) is 0 Å². The van der Waals surface area contributed by atoms with E-state index in [4.69, 9.17) is 18.0 Å². The standard InChI is InChI=1S/C7H10N2O2S/c1-9-5(12)3-2-4(6(8)10)7(9)11/h4H,2-3H2,1H3,(H2,8,10). The summed E-state index contributed by atoms with van der Waals surface area (Å²) < 4.78 is 0. The van der Waals surface area contributed by atoms with Crippen LogP contribution >= 0.6 is 12.2 Å². The Kier molecular flexibility index (Phi) is 2.42. The molecule has 1 atom stereocenters. The highest BCUT2D eigenvalue weighted by molar-refractivity contribution is 7.80. The topological polar surface area (TPSA) is 63.4 Å².